The van der Waals surface area contributed by atoms with Gasteiger partial charge in [-0.25, -0.2) is 14.6 Å². The Morgan fingerprint density at radius 2 is 1.84 bits per heavy atom. The van der Waals surface area contributed by atoms with E-state index in [1.54, 1.807) is 10.9 Å². The summed E-state index contributed by atoms with van der Waals surface area (Å²) in [4.78, 5) is 23.6. The lowest BCUT2D eigenvalue weighted by Gasteiger charge is -2.17. The summed E-state index contributed by atoms with van der Waals surface area (Å²) in [6.45, 7) is 2.20. The molecule has 0 spiro atoms. The summed E-state index contributed by atoms with van der Waals surface area (Å²) in [6, 6.07) is 15.5. The summed E-state index contributed by atoms with van der Waals surface area (Å²) in [7, 11) is 0. The average molecular weight is 465 g/mol. The lowest BCUT2D eigenvalue weighted by Crippen LogP contribution is -2.18. The molecule has 2 aromatic carbocycles. The zero-order chi connectivity index (χ0) is 21.9. The van der Waals surface area contributed by atoms with Crippen LogP contribution < -0.4 is 10.2 Å². The molecule has 7 nitrogen and oxygen atoms in total. The fraction of sp³-hybridized carbons (Fsp3) is 0.217. The van der Waals surface area contributed by atoms with Gasteiger partial charge in [0.1, 0.15) is 11.4 Å². The first-order valence-corrected chi connectivity index (χ1v) is 11.8. The SMILES string of the molecule is O=C(CSc1ncnc2c1cnn2-c1ccccc1Cl)Nc1ccc(N2CCCC2)cc1. The first-order valence-electron chi connectivity index (χ1n) is 10.4. The highest BCUT2D eigenvalue weighted by atomic mass is 35.5. The number of fused-ring (bicyclic) bond motifs is 1. The van der Waals surface area contributed by atoms with Crippen LogP contribution >= 0.6 is 23.4 Å². The minimum atomic E-state index is -0.0887. The second-order valence-corrected chi connectivity index (χ2v) is 8.87. The lowest BCUT2D eigenvalue weighted by molar-refractivity contribution is -0.113. The molecule has 2 aromatic heterocycles. The molecule has 0 saturated carbocycles. The number of carbonyl (C=O) groups is 1. The molecule has 0 unspecified atom stereocenters. The molecule has 1 amide bonds. The van der Waals surface area contributed by atoms with E-state index in [0.717, 1.165) is 29.9 Å². The van der Waals surface area contributed by atoms with Crippen molar-refractivity contribution in [3.05, 3.63) is 66.1 Å². The molecular formula is C23H21ClN6OS. The summed E-state index contributed by atoms with van der Waals surface area (Å²) in [5.74, 6) is 0.145. The zero-order valence-electron chi connectivity index (χ0n) is 17.2. The molecule has 3 heterocycles. The summed E-state index contributed by atoms with van der Waals surface area (Å²) in [5, 5.41) is 9.45. The van der Waals surface area contributed by atoms with Crippen LogP contribution in [-0.2, 0) is 4.79 Å². The minimum absolute atomic E-state index is 0.0887. The van der Waals surface area contributed by atoms with Crippen LogP contribution in [0.1, 0.15) is 12.8 Å². The number of anilines is 2. The van der Waals surface area contributed by atoms with E-state index in [0.29, 0.717) is 15.7 Å². The monoisotopic (exact) mass is 464 g/mol. The van der Waals surface area contributed by atoms with Gasteiger partial charge in [-0.1, -0.05) is 35.5 Å². The Kier molecular flexibility index (Phi) is 5.96. The van der Waals surface area contributed by atoms with Crippen LogP contribution in [0.5, 0.6) is 0 Å². The number of aromatic nitrogens is 4. The second-order valence-electron chi connectivity index (χ2n) is 7.50. The summed E-state index contributed by atoms with van der Waals surface area (Å²) in [6.07, 6.45) is 5.66. The molecule has 1 fully saturated rings. The average Bonchev–Trinajstić information content (AvgIpc) is 3.49. The van der Waals surface area contributed by atoms with Gasteiger partial charge < -0.3 is 10.2 Å². The molecule has 0 bridgehead atoms. The maximum absolute atomic E-state index is 12.5. The lowest BCUT2D eigenvalue weighted by atomic mass is 10.2. The van der Waals surface area contributed by atoms with Crippen molar-refractivity contribution in [1.29, 1.82) is 0 Å². The minimum Gasteiger partial charge on any atom is -0.372 e. The fourth-order valence-corrected chi connectivity index (χ4v) is 4.78. The molecule has 0 radical (unpaired) electrons. The third kappa shape index (κ3) is 4.28. The molecule has 0 aliphatic carbocycles. The Balaban J connectivity index is 1.26. The first-order chi connectivity index (χ1) is 15.7. The Morgan fingerprint density at radius 3 is 2.62 bits per heavy atom. The molecule has 32 heavy (non-hydrogen) atoms. The number of halogens is 1. The molecule has 9 heteroatoms. The highest BCUT2D eigenvalue weighted by Gasteiger charge is 2.15. The van der Waals surface area contributed by atoms with Crippen molar-refractivity contribution in [2.45, 2.75) is 17.9 Å². The van der Waals surface area contributed by atoms with E-state index >= 15 is 0 Å². The third-order valence-electron chi connectivity index (χ3n) is 5.37. The third-order valence-corrected chi connectivity index (χ3v) is 6.70. The molecule has 1 aliphatic rings. The molecule has 4 aromatic rings. The predicted molar refractivity (Wildman–Crippen MR) is 129 cm³/mol. The summed E-state index contributed by atoms with van der Waals surface area (Å²) < 4.78 is 1.69. The van der Waals surface area contributed by atoms with Crippen molar-refractivity contribution in [2.75, 3.05) is 29.1 Å². The number of benzene rings is 2. The summed E-state index contributed by atoms with van der Waals surface area (Å²) >= 11 is 7.67. The number of carbonyl (C=O) groups excluding carboxylic acids is 1. The quantitative estimate of drug-likeness (QED) is 0.326. The Morgan fingerprint density at radius 1 is 1.06 bits per heavy atom. The number of nitrogens with one attached hydrogen (secondary N) is 1. The Hall–Kier alpha value is -3.10. The van der Waals surface area contributed by atoms with Crippen LogP contribution in [0.4, 0.5) is 11.4 Å². The van der Waals surface area contributed by atoms with E-state index in [9.17, 15) is 4.79 Å². The maximum Gasteiger partial charge on any atom is 0.234 e. The van der Waals surface area contributed by atoms with E-state index in [1.165, 1.54) is 36.6 Å². The number of nitrogens with zero attached hydrogens (tertiary/aromatic N) is 5. The van der Waals surface area contributed by atoms with Crippen molar-refractivity contribution in [2.24, 2.45) is 0 Å². The molecule has 5 rings (SSSR count). The first kappa shape index (κ1) is 20.8. The van der Waals surface area contributed by atoms with Gasteiger partial charge in [-0.3, -0.25) is 4.79 Å². The van der Waals surface area contributed by atoms with Gasteiger partial charge in [-0.15, -0.1) is 0 Å². The topological polar surface area (TPSA) is 75.9 Å². The number of para-hydroxylation sites is 1. The van der Waals surface area contributed by atoms with Crippen LogP contribution in [0.25, 0.3) is 16.7 Å². The largest absolute Gasteiger partial charge is 0.372 e. The number of thioether (sulfide) groups is 1. The summed E-state index contributed by atoms with van der Waals surface area (Å²) in [5.41, 5.74) is 3.38. The smallest absolute Gasteiger partial charge is 0.234 e. The van der Waals surface area contributed by atoms with Crippen molar-refractivity contribution in [1.82, 2.24) is 19.7 Å². The van der Waals surface area contributed by atoms with Crippen LogP contribution in [0, 0.1) is 0 Å². The number of hydrogen-bond donors (Lipinski definition) is 1. The van der Waals surface area contributed by atoms with Gasteiger partial charge in [-0.05, 0) is 49.2 Å². The Labute approximate surface area is 194 Å². The van der Waals surface area contributed by atoms with Crippen LogP contribution in [0.15, 0.2) is 66.1 Å². The molecule has 162 valence electrons. The van der Waals surface area contributed by atoms with Crippen molar-refractivity contribution >= 4 is 51.7 Å². The van der Waals surface area contributed by atoms with Crippen LogP contribution in [0.2, 0.25) is 5.02 Å². The number of amides is 1. The van der Waals surface area contributed by atoms with Gasteiger partial charge in [0.25, 0.3) is 0 Å². The molecule has 0 atom stereocenters. The second kappa shape index (κ2) is 9.18. The maximum atomic E-state index is 12.5. The molecule has 1 saturated heterocycles. The highest BCUT2D eigenvalue weighted by Crippen LogP contribution is 2.28. The van der Waals surface area contributed by atoms with E-state index in [4.69, 9.17) is 11.6 Å². The van der Waals surface area contributed by atoms with Gasteiger partial charge in [0, 0.05) is 24.5 Å². The van der Waals surface area contributed by atoms with Crippen molar-refractivity contribution in [3.63, 3.8) is 0 Å². The normalized spacial score (nSPS) is 13.6. The highest BCUT2D eigenvalue weighted by molar-refractivity contribution is 8.00. The predicted octanol–water partition coefficient (Wildman–Crippen LogP) is 4.80. The molecule has 1 N–H and O–H groups in total. The van der Waals surface area contributed by atoms with Crippen molar-refractivity contribution in [3.8, 4) is 5.69 Å². The Bertz CT molecular complexity index is 1250. The molecule has 1 aliphatic heterocycles. The fourth-order valence-electron chi connectivity index (χ4n) is 3.80. The molecular weight excluding hydrogens is 444 g/mol. The van der Waals surface area contributed by atoms with E-state index in [2.05, 4.69) is 37.4 Å². The van der Waals surface area contributed by atoms with E-state index < -0.39 is 0 Å². The van der Waals surface area contributed by atoms with Gasteiger partial charge >= 0.3 is 0 Å². The van der Waals surface area contributed by atoms with Crippen molar-refractivity contribution < 1.29 is 4.79 Å². The van der Waals surface area contributed by atoms with E-state index in [1.807, 2.05) is 36.4 Å². The zero-order valence-corrected chi connectivity index (χ0v) is 18.8. The number of hydrogen-bond acceptors (Lipinski definition) is 6. The van der Waals surface area contributed by atoms with Crippen LogP contribution in [0.3, 0.4) is 0 Å². The van der Waals surface area contributed by atoms with Crippen LogP contribution in [-0.4, -0.2) is 44.5 Å². The van der Waals surface area contributed by atoms with Gasteiger partial charge in [0.2, 0.25) is 5.91 Å². The van der Waals surface area contributed by atoms with E-state index in [-0.39, 0.29) is 11.7 Å². The standard InChI is InChI=1S/C23H21ClN6OS/c24-19-5-1-2-6-20(19)30-22-18(13-27-30)23(26-15-25-22)32-14-21(31)28-16-7-9-17(10-8-16)29-11-3-4-12-29/h1-2,5-10,13,15H,3-4,11-12,14H2,(H,28,31). The van der Waals surface area contributed by atoms with Gasteiger partial charge in [0.05, 0.1) is 28.0 Å². The van der Waals surface area contributed by atoms with Gasteiger partial charge in [0.15, 0.2) is 5.65 Å². The van der Waals surface area contributed by atoms with Gasteiger partial charge in [-0.2, -0.15) is 5.10 Å². The number of rotatable bonds is 6.